The molecule has 3 heterocycles. The molecule has 40 heavy (non-hydrogen) atoms. The highest BCUT2D eigenvalue weighted by molar-refractivity contribution is 6.30. The van der Waals surface area contributed by atoms with E-state index in [1.807, 2.05) is 29.2 Å². The van der Waals surface area contributed by atoms with Crippen LogP contribution in [0.25, 0.3) is 0 Å². The lowest BCUT2D eigenvalue weighted by Crippen LogP contribution is -2.52. The molecule has 2 saturated heterocycles. The lowest BCUT2D eigenvalue weighted by atomic mass is 10.0. The fraction of sp³-hybridized carbons (Fsp3) is 0.367. The number of nitrogens with zero attached hydrogens (tertiary/aromatic N) is 4. The number of carbonyl (C=O) groups is 2. The average molecular weight is 568 g/mol. The van der Waals surface area contributed by atoms with Crippen molar-refractivity contribution in [2.45, 2.75) is 31.7 Å². The van der Waals surface area contributed by atoms with E-state index >= 15 is 0 Å². The number of piperazine rings is 1. The molecule has 1 N–H and O–H groups in total. The van der Waals surface area contributed by atoms with E-state index in [-0.39, 0.29) is 24.0 Å². The highest BCUT2D eigenvalue weighted by Gasteiger charge is 2.31. The third kappa shape index (κ3) is 7.21. The lowest BCUT2D eigenvalue weighted by molar-refractivity contribution is 0.0627. The summed E-state index contributed by atoms with van der Waals surface area (Å²) in [6.45, 7) is 4.76. The van der Waals surface area contributed by atoms with Crippen molar-refractivity contribution in [3.63, 3.8) is 0 Å². The van der Waals surface area contributed by atoms with Gasteiger partial charge in [0.1, 0.15) is 17.7 Å². The molecule has 1 aromatic heterocycles. The van der Waals surface area contributed by atoms with Gasteiger partial charge in [0.25, 0.3) is 11.8 Å². The number of nitrogens with one attached hydrogen (secondary N) is 1. The van der Waals surface area contributed by atoms with E-state index in [9.17, 15) is 18.4 Å². The maximum atomic E-state index is 14.9. The smallest absolute Gasteiger partial charge is 0.270 e. The Morgan fingerprint density at radius 2 is 1.52 bits per heavy atom. The molecular weight excluding hydrogens is 536 g/mol. The first-order valence-electron chi connectivity index (χ1n) is 13.5. The van der Waals surface area contributed by atoms with Gasteiger partial charge in [-0.2, -0.15) is 0 Å². The Labute approximate surface area is 237 Å². The largest absolute Gasteiger partial charge is 0.345 e. The van der Waals surface area contributed by atoms with Gasteiger partial charge in [0.05, 0.1) is 11.6 Å². The normalized spacial score (nSPS) is 20.3. The zero-order valence-corrected chi connectivity index (χ0v) is 22.9. The number of hydrogen-bond acceptors (Lipinski definition) is 5. The first-order chi connectivity index (χ1) is 19.3. The minimum atomic E-state index is -1.20. The third-order valence-electron chi connectivity index (χ3n) is 7.48. The summed E-state index contributed by atoms with van der Waals surface area (Å²) in [7, 11) is 0. The van der Waals surface area contributed by atoms with Gasteiger partial charge in [-0.1, -0.05) is 35.9 Å². The Morgan fingerprint density at radius 1 is 0.875 bits per heavy atom. The van der Waals surface area contributed by atoms with Gasteiger partial charge in [-0.3, -0.25) is 24.4 Å². The van der Waals surface area contributed by atoms with Gasteiger partial charge in [0, 0.05) is 63.6 Å². The van der Waals surface area contributed by atoms with E-state index in [0.29, 0.717) is 62.8 Å². The first kappa shape index (κ1) is 28.1. The summed E-state index contributed by atoms with van der Waals surface area (Å²) in [5, 5.41) is 3.44. The predicted octanol–water partition coefficient (Wildman–Crippen LogP) is 4.17. The van der Waals surface area contributed by atoms with Gasteiger partial charge >= 0.3 is 0 Å². The van der Waals surface area contributed by atoms with Crippen LogP contribution in [0.15, 0.2) is 66.9 Å². The molecule has 2 fully saturated rings. The summed E-state index contributed by atoms with van der Waals surface area (Å²) in [6.07, 6.45) is 0.695. The number of rotatable bonds is 7. The average Bonchev–Trinajstić information content (AvgIpc) is 2.97. The molecular formula is C30H32ClF2N5O2. The summed E-state index contributed by atoms with van der Waals surface area (Å²) in [4.78, 5) is 36.0. The van der Waals surface area contributed by atoms with E-state index in [4.69, 9.17) is 11.6 Å². The number of likely N-dealkylation sites (tertiary alicyclic amines) is 1. The standard InChI is InChI=1S/C30H32ClF2N5O2/c31-24-6-1-21(2-7-24)19-37-12-11-27(26(33)20-37)35-29(39)28-10-5-23(17-34-28)30(40)38-15-13-36(14-16-38)18-22-3-8-25(32)9-4-22/h1-10,17,26-27H,11-16,18-20H2,(H,35,39). The van der Waals surface area contributed by atoms with E-state index in [2.05, 4.69) is 15.2 Å². The molecule has 0 aliphatic carbocycles. The SMILES string of the molecule is O=C(NC1CCN(Cc2ccc(Cl)cc2)CC1F)c1ccc(C(=O)N2CCN(Cc3ccc(F)cc3)CC2)cn1. The van der Waals surface area contributed by atoms with Crippen LogP contribution in [0.3, 0.4) is 0 Å². The number of hydrogen-bond donors (Lipinski definition) is 1. The van der Waals surface area contributed by atoms with Gasteiger partial charge in [-0.15, -0.1) is 0 Å². The molecule has 3 aromatic rings. The number of aromatic nitrogens is 1. The fourth-order valence-electron chi connectivity index (χ4n) is 5.16. The molecule has 2 amide bonds. The molecule has 2 aromatic carbocycles. The van der Waals surface area contributed by atoms with Crippen molar-refractivity contribution in [1.29, 1.82) is 0 Å². The molecule has 0 spiro atoms. The molecule has 0 saturated carbocycles. The minimum Gasteiger partial charge on any atom is -0.345 e. The number of carbonyl (C=O) groups excluding carboxylic acids is 2. The van der Waals surface area contributed by atoms with Crippen LogP contribution in [0.1, 0.15) is 38.4 Å². The van der Waals surface area contributed by atoms with Crippen LogP contribution in [0, 0.1) is 5.82 Å². The van der Waals surface area contributed by atoms with Gasteiger partial charge < -0.3 is 10.2 Å². The molecule has 0 radical (unpaired) electrons. The predicted molar refractivity (Wildman–Crippen MR) is 149 cm³/mol. The maximum absolute atomic E-state index is 14.9. The zero-order chi connectivity index (χ0) is 28.1. The monoisotopic (exact) mass is 567 g/mol. The molecule has 2 aliphatic heterocycles. The van der Waals surface area contributed by atoms with Crippen molar-refractivity contribution >= 4 is 23.4 Å². The molecule has 7 nitrogen and oxygen atoms in total. The van der Waals surface area contributed by atoms with E-state index in [1.165, 1.54) is 24.4 Å². The maximum Gasteiger partial charge on any atom is 0.270 e. The fourth-order valence-corrected chi connectivity index (χ4v) is 5.28. The van der Waals surface area contributed by atoms with Crippen LogP contribution >= 0.6 is 11.6 Å². The van der Waals surface area contributed by atoms with Crippen LogP contribution < -0.4 is 5.32 Å². The molecule has 2 atom stereocenters. The Morgan fingerprint density at radius 3 is 2.15 bits per heavy atom. The molecule has 210 valence electrons. The third-order valence-corrected chi connectivity index (χ3v) is 7.74. The molecule has 5 rings (SSSR count). The number of alkyl halides is 1. The lowest BCUT2D eigenvalue weighted by Gasteiger charge is -2.35. The second-order valence-corrected chi connectivity index (χ2v) is 10.8. The van der Waals surface area contributed by atoms with E-state index in [1.54, 1.807) is 23.1 Å². The highest BCUT2D eigenvalue weighted by Crippen LogP contribution is 2.19. The Hall–Kier alpha value is -3.40. The zero-order valence-electron chi connectivity index (χ0n) is 22.1. The van der Waals surface area contributed by atoms with Gasteiger partial charge in [-0.05, 0) is 53.9 Å². The van der Waals surface area contributed by atoms with Crippen LogP contribution in [-0.2, 0) is 13.1 Å². The summed E-state index contributed by atoms with van der Waals surface area (Å²) in [6, 6.07) is 16.5. The van der Waals surface area contributed by atoms with E-state index < -0.39 is 18.1 Å². The number of benzene rings is 2. The van der Waals surface area contributed by atoms with Crippen LogP contribution in [0.5, 0.6) is 0 Å². The minimum absolute atomic E-state index is 0.141. The van der Waals surface area contributed by atoms with Crippen molar-refractivity contribution in [2.24, 2.45) is 0 Å². The first-order valence-corrected chi connectivity index (χ1v) is 13.9. The van der Waals surface area contributed by atoms with Crippen molar-refractivity contribution in [3.8, 4) is 0 Å². The topological polar surface area (TPSA) is 68.8 Å². The van der Waals surface area contributed by atoms with Crippen molar-refractivity contribution in [2.75, 3.05) is 39.3 Å². The van der Waals surface area contributed by atoms with Crippen molar-refractivity contribution in [1.82, 2.24) is 25.0 Å². The van der Waals surface area contributed by atoms with Crippen LogP contribution in [0.2, 0.25) is 5.02 Å². The number of piperidine rings is 1. The summed E-state index contributed by atoms with van der Waals surface area (Å²) >= 11 is 5.94. The second-order valence-electron chi connectivity index (χ2n) is 10.4. The number of pyridine rings is 1. The van der Waals surface area contributed by atoms with Crippen LogP contribution in [-0.4, -0.2) is 83.0 Å². The van der Waals surface area contributed by atoms with Crippen molar-refractivity contribution in [3.05, 3.63) is 100 Å². The van der Waals surface area contributed by atoms with Crippen LogP contribution in [0.4, 0.5) is 8.78 Å². The van der Waals surface area contributed by atoms with Gasteiger partial charge in [0.15, 0.2) is 0 Å². The molecule has 10 heteroatoms. The van der Waals surface area contributed by atoms with E-state index in [0.717, 1.165) is 11.1 Å². The number of amides is 2. The van der Waals surface area contributed by atoms with Crippen molar-refractivity contribution < 1.29 is 18.4 Å². The Bertz CT molecular complexity index is 1300. The van der Waals surface area contributed by atoms with Gasteiger partial charge in [0.2, 0.25) is 0 Å². The molecule has 2 unspecified atom stereocenters. The summed E-state index contributed by atoms with van der Waals surface area (Å²) in [5.74, 6) is -0.848. The number of halogens is 3. The Balaban J connectivity index is 1.08. The summed E-state index contributed by atoms with van der Waals surface area (Å²) < 4.78 is 28.1. The Kier molecular flexibility index (Phi) is 9.04. The second kappa shape index (κ2) is 12.8. The highest BCUT2D eigenvalue weighted by atomic mass is 35.5. The molecule has 2 aliphatic rings. The molecule has 0 bridgehead atoms. The quantitative estimate of drug-likeness (QED) is 0.464. The summed E-state index contributed by atoms with van der Waals surface area (Å²) in [5.41, 5.74) is 2.64. The van der Waals surface area contributed by atoms with Gasteiger partial charge in [-0.25, -0.2) is 8.78 Å².